The average molecular weight is 235 g/mol. The van der Waals surface area contributed by atoms with Crippen LogP contribution in [-0.4, -0.2) is 38.4 Å². The van der Waals surface area contributed by atoms with E-state index < -0.39 is 0 Å². The highest BCUT2D eigenvalue weighted by molar-refractivity contribution is 5.45. The first kappa shape index (κ1) is 12.4. The van der Waals surface area contributed by atoms with Gasteiger partial charge < -0.3 is 14.9 Å². The molecule has 17 heavy (non-hydrogen) atoms. The summed E-state index contributed by atoms with van der Waals surface area (Å²) in [4.78, 5) is 3.61. The topological polar surface area (TPSA) is 27.9 Å². The fourth-order valence-corrected chi connectivity index (χ4v) is 2.49. The molecule has 0 radical (unpaired) electrons. The van der Waals surface area contributed by atoms with Crippen molar-refractivity contribution in [2.24, 2.45) is 0 Å². The Morgan fingerprint density at radius 2 is 2.00 bits per heavy atom. The van der Waals surface area contributed by atoms with Crippen molar-refractivity contribution in [3.63, 3.8) is 0 Å². The van der Waals surface area contributed by atoms with Crippen LogP contribution in [0.2, 0.25) is 0 Å². The van der Waals surface area contributed by atoms with Crippen LogP contribution in [0.3, 0.4) is 0 Å². The predicted octanol–water partition coefficient (Wildman–Crippen LogP) is 0.292. The van der Waals surface area contributed by atoms with Crippen molar-refractivity contribution in [3.8, 4) is 0 Å². The third kappa shape index (κ3) is 3.45. The van der Waals surface area contributed by atoms with Crippen LogP contribution in [0.4, 0.5) is 5.69 Å². The maximum Gasteiger partial charge on any atom is 0.104 e. The molecule has 1 saturated heterocycles. The van der Waals surface area contributed by atoms with E-state index in [1.165, 1.54) is 22.7 Å². The number of aliphatic hydroxyl groups is 1. The molecular formula is C14H23N2O+. The summed E-state index contributed by atoms with van der Waals surface area (Å²) in [6.07, 6.45) is 2.02. The van der Waals surface area contributed by atoms with Crippen LogP contribution >= 0.6 is 0 Å². The molecule has 0 bridgehead atoms. The highest BCUT2D eigenvalue weighted by Gasteiger charge is 2.20. The summed E-state index contributed by atoms with van der Waals surface area (Å²) >= 11 is 0. The lowest BCUT2D eigenvalue weighted by atomic mass is 10.1. The van der Waals surface area contributed by atoms with Gasteiger partial charge in [0.05, 0.1) is 6.54 Å². The summed E-state index contributed by atoms with van der Waals surface area (Å²) in [5.74, 6) is 0. The molecule has 1 aliphatic heterocycles. The average Bonchev–Trinajstić information content (AvgIpc) is 2.29. The van der Waals surface area contributed by atoms with E-state index >= 15 is 0 Å². The van der Waals surface area contributed by atoms with Crippen molar-refractivity contribution >= 4 is 5.69 Å². The van der Waals surface area contributed by atoms with Crippen molar-refractivity contribution in [2.45, 2.75) is 25.5 Å². The molecule has 1 aliphatic rings. The first-order valence-electron chi connectivity index (χ1n) is 6.43. The number of hydrogen-bond acceptors (Lipinski definition) is 2. The summed E-state index contributed by atoms with van der Waals surface area (Å²) in [5.41, 5.74) is 2.60. The van der Waals surface area contributed by atoms with Crippen molar-refractivity contribution in [3.05, 3.63) is 29.8 Å². The van der Waals surface area contributed by atoms with Crippen LogP contribution < -0.4 is 9.80 Å². The largest absolute Gasteiger partial charge is 0.387 e. The van der Waals surface area contributed by atoms with Crippen LogP contribution in [0, 0.1) is 0 Å². The summed E-state index contributed by atoms with van der Waals surface area (Å²) in [5, 5.41) is 9.65. The lowest BCUT2D eigenvalue weighted by Crippen LogP contribution is -3.12. The molecule has 2 atom stereocenters. The summed E-state index contributed by atoms with van der Waals surface area (Å²) < 4.78 is 0. The molecule has 0 amide bonds. The first-order valence-corrected chi connectivity index (χ1v) is 6.43. The smallest absolute Gasteiger partial charge is 0.104 e. The Labute approximate surface area is 104 Å². The monoisotopic (exact) mass is 235 g/mol. The van der Waals surface area contributed by atoms with Crippen LogP contribution in [-0.2, 0) is 6.54 Å². The number of hydrogen-bond donors (Lipinski definition) is 2. The maximum atomic E-state index is 9.65. The second kappa shape index (κ2) is 5.52. The zero-order chi connectivity index (χ0) is 12.3. The number of piperidine rings is 1. The molecule has 1 aromatic carbocycles. The lowest BCUT2D eigenvalue weighted by Gasteiger charge is -2.27. The van der Waals surface area contributed by atoms with E-state index in [1.807, 2.05) is 0 Å². The van der Waals surface area contributed by atoms with E-state index in [1.54, 1.807) is 0 Å². The van der Waals surface area contributed by atoms with E-state index in [0.29, 0.717) is 0 Å². The third-order valence-corrected chi connectivity index (χ3v) is 3.50. The second-order valence-electron chi connectivity index (χ2n) is 5.24. The van der Waals surface area contributed by atoms with Crippen LogP contribution in [0.5, 0.6) is 0 Å². The van der Waals surface area contributed by atoms with E-state index in [4.69, 9.17) is 0 Å². The molecular weight excluding hydrogens is 212 g/mol. The molecule has 2 N–H and O–H groups in total. The fourth-order valence-electron chi connectivity index (χ4n) is 2.49. The zero-order valence-electron chi connectivity index (χ0n) is 10.8. The van der Waals surface area contributed by atoms with Crippen LogP contribution in [0.15, 0.2) is 24.3 Å². The maximum absolute atomic E-state index is 9.65. The highest BCUT2D eigenvalue weighted by Crippen LogP contribution is 2.11. The van der Waals surface area contributed by atoms with E-state index in [2.05, 4.69) is 43.3 Å². The molecule has 2 rings (SSSR count). The standard InChI is InChI=1S/C14H22N2O/c1-15(2)13-7-5-12(6-8-13)10-16-9-3-4-14(17)11-16/h5-8,14,17H,3-4,9-11H2,1-2H3/p+1/t14-/m1/s1. The predicted molar refractivity (Wildman–Crippen MR) is 70.4 cm³/mol. The molecule has 1 fully saturated rings. The minimum atomic E-state index is -0.0974. The Hall–Kier alpha value is -1.06. The van der Waals surface area contributed by atoms with E-state index in [-0.39, 0.29) is 6.10 Å². The van der Waals surface area contributed by atoms with Crippen molar-refractivity contribution in [2.75, 3.05) is 32.1 Å². The number of anilines is 1. The number of likely N-dealkylation sites (tertiary alicyclic amines) is 1. The quantitative estimate of drug-likeness (QED) is 0.788. The van der Waals surface area contributed by atoms with Crippen LogP contribution in [0.1, 0.15) is 18.4 Å². The van der Waals surface area contributed by atoms with E-state index in [0.717, 1.165) is 25.9 Å². The number of nitrogens with one attached hydrogen (secondary N) is 1. The second-order valence-corrected chi connectivity index (χ2v) is 5.24. The van der Waals surface area contributed by atoms with Gasteiger partial charge in [-0.05, 0) is 25.0 Å². The van der Waals surface area contributed by atoms with Crippen molar-refractivity contribution in [1.29, 1.82) is 0 Å². The SMILES string of the molecule is CN(C)c1ccc(C[NH+]2CCC[C@@H](O)C2)cc1. The molecule has 3 nitrogen and oxygen atoms in total. The van der Waals surface area contributed by atoms with Gasteiger partial charge in [0, 0.05) is 25.3 Å². The normalized spacial score (nSPS) is 24.6. The molecule has 1 unspecified atom stereocenters. The molecule has 0 saturated carbocycles. The first-order chi connectivity index (χ1) is 8.15. The van der Waals surface area contributed by atoms with Gasteiger partial charge in [-0.15, -0.1) is 0 Å². The van der Waals surface area contributed by atoms with Gasteiger partial charge in [-0.3, -0.25) is 0 Å². The number of rotatable bonds is 3. The van der Waals surface area contributed by atoms with Gasteiger partial charge in [-0.1, -0.05) is 12.1 Å². The Kier molecular flexibility index (Phi) is 4.02. The van der Waals surface area contributed by atoms with Gasteiger partial charge >= 0.3 is 0 Å². The van der Waals surface area contributed by atoms with Crippen LogP contribution in [0.25, 0.3) is 0 Å². The number of aliphatic hydroxyl groups excluding tert-OH is 1. The van der Waals surface area contributed by atoms with Gasteiger partial charge in [0.25, 0.3) is 0 Å². The molecule has 1 aromatic rings. The number of nitrogens with zero attached hydrogens (tertiary/aromatic N) is 1. The van der Waals surface area contributed by atoms with Gasteiger partial charge in [-0.2, -0.15) is 0 Å². The number of quaternary nitrogens is 1. The Bertz CT molecular complexity index is 348. The van der Waals surface area contributed by atoms with Gasteiger partial charge in [-0.25, -0.2) is 0 Å². The fraction of sp³-hybridized carbons (Fsp3) is 0.571. The van der Waals surface area contributed by atoms with Crippen molar-refractivity contribution in [1.82, 2.24) is 0 Å². The Balaban J connectivity index is 1.94. The summed E-state index contributed by atoms with van der Waals surface area (Å²) in [6.45, 7) is 3.12. The molecule has 1 heterocycles. The minimum Gasteiger partial charge on any atom is -0.387 e. The van der Waals surface area contributed by atoms with Gasteiger partial charge in [0.15, 0.2) is 0 Å². The molecule has 0 aliphatic carbocycles. The summed E-state index contributed by atoms with van der Waals surface area (Å²) in [6, 6.07) is 8.72. The Morgan fingerprint density at radius 3 is 2.59 bits per heavy atom. The summed E-state index contributed by atoms with van der Waals surface area (Å²) in [7, 11) is 4.11. The molecule has 3 heteroatoms. The zero-order valence-corrected chi connectivity index (χ0v) is 10.8. The van der Waals surface area contributed by atoms with Gasteiger partial charge in [0.1, 0.15) is 19.2 Å². The highest BCUT2D eigenvalue weighted by atomic mass is 16.3. The van der Waals surface area contributed by atoms with Gasteiger partial charge in [0.2, 0.25) is 0 Å². The third-order valence-electron chi connectivity index (χ3n) is 3.50. The lowest BCUT2D eigenvalue weighted by molar-refractivity contribution is -0.921. The molecule has 0 aromatic heterocycles. The number of benzene rings is 1. The van der Waals surface area contributed by atoms with Crippen molar-refractivity contribution < 1.29 is 10.0 Å². The molecule has 0 spiro atoms. The van der Waals surface area contributed by atoms with E-state index in [9.17, 15) is 5.11 Å². The Morgan fingerprint density at radius 1 is 1.29 bits per heavy atom. The minimum absolute atomic E-state index is 0.0974. The molecule has 94 valence electrons.